The Morgan fingerprint density at radius 1 is 1.29 bits per heavy atom. The van der Waals surface area contributed by atoms with Crippen molar-refractivity contribution in [1.82, 2.24) is 19.5 Å². The molecule has 2 amide bonds. The van der Waals surface area contributed by atoms with Gasteiger partial charge in [0.05, 0.1) is 6.54 Å². The van der Waals surface area contributed by atoms with Gasteiger partial charge < -0.3 is 19.3 Å². The second-order valence-electron chi connectivity index (χ2n) is 5.94. The van der Waals surface area contributed by atoms with Crippen LogP contribution in [0.25, 0.3) is 0 Å². The zero-order chi connectivity index (χ0) is 17.1. The number of aryl methyl sites for hydroxylation is 2. The van der Waals surface area contributed by atoms with Gasteiger partial charge in [-0.05, 0) is 19.1 Å². The van der Waals surface area contributed by atoms with Crippen molar-refractivity contribution in [3.05, 3.63) is 35.9 Å². The molecule has 0 atom stereocenters. The maximum Gasteiger partial charge on any atom is 0.270 e. The quantitative estimate of drug-likeness (QED) is 0.892. The Balaban J connectivity index is 1.47. The lowest BCUT2D eigenvalue weighted by Crippen LogP contribution is -2.50. The summed E-state index contributed by atoms with van der Waals surface area (Å²) in [5, 5.41) is 6.44. The topological polar surface area (TPSA) is 83.6 Å². The van der Waals surface area contributed by atoms with E-state index in [2.05, 4.69) is 10.5 Å². The van der Waals surface area contributed by atoms with Crippen molar-refractivity contribution in [3.8, 4) is 0 Å². The summed E-state index contributed by atoms with van der Waals surface area (Å²) in [5.41, 5.74) is 0.683. The number of anilines is 1. The van der Waals surface area contributed by atoms with E-state index in [1.165, 1.54) is 0 Å². The molecule has 1 N–H and O–H groups in total. The van der Waals surface area contributed by atoms with Crippen LogP contribution in [-0.2, 0) is 11.8 Å². The number of nitrogens with zero attached hydrogens (tertiary/aromatic N) is 4. The number of hydrogen-bond donors (Lipinski definition) is 1. The molecule has 0 unspecified atom stereocenters. The van der Waals surface area contributed by atoms with Gasteiger partial charge in [-0.3, -0.25) is 14.5 Å². The van der Waals surface area contributed by atoms with Gasteiger partial charge >= 0.3 is 0 Å². The van der Waals surface area contributed by atoms with Crippen LogP contribution < -0.4 is 5.32 Å². The van der Waals surface area contributed by atoms with Gasteiger partial charge in [-0.15, -0.1) is 0 Å². The van der Waals surface area contributed by atoms with Gasteiger partial charge in [0.2, 0.25) is 5.91 Å². The minimum absolute atomic E-state index is 0.0321. The third-order valence-electron chi connectivity index (χ3n) is 4.09. The van der Waals surface area contributed by atoms with Crippen molar-refractivity contribution in [3.63, 3.8) is 0 Å². The van der Waals surface area contributed by atoms with E-state index in [4.69, 9.17) is 4.52 Å². The monoisotopic (exact) mass is 331 g/mol. The Bertz CT molecular complexity index is 728. The van der Waals surface area contributed by atoms with Crippen molar-refractivity contribution < 1.29 is 14.1 Å². The first kappa shape index (κ1) is 16.3. The van der Waals surface area contributed by atoms with Gasteiger partial charge in [-0.25, -0.2) is 0 Å². The van der Waals surface area contributed by atoms with Crippen LogP contribution in [0.3, 0.4) is 0 Å². The number of carbonyl (C=O) groups is 2. The van der Waals surface area contributed by atoms with E-state index in [9.17, 15) is 9.59 Å². The Kier molecular flexibility index (Phi) is 4.66. The second-order valence-corrected chi connectivity index (χ2v) is 5.94. The number of carbonyl (C=O) groups excluding carboxylic acids is 2. The highest BCUT2D eigenvalue weighted by molar-refractivity contribution is 5.93. The van der Waals surface area contributed by atoms with Crippen molar-refractivity contribution in [1.29, 1.82) is 0 Å². The standard InChI is InChI=1S/C16H21N5O3/c1-12-10-14(18-24-12)17-15(22)11-20-6-8-21(9-7-20)16(23)13-4-3-5-19(13)2/h3-5,10H,6-9,11H2,1-2H3,(H,17,18,22). The predicted molar refractivity (Wildman–Crippen MR) is 87.6 cm³/mol. The SMILES string of the molecule is Cc1cc(NC(=O)CN2CCN(C(=O)c3cccn3C)CC2)no1. The molecule has 0 radical (unpaired) electrons. The molecule has 0 aliphatic carbocycles. The van der Waals surface area contributed by atoms with Gasteiger partial charge in [0.25, 0.3) is 5.91 Å². The lowest BCUT2D eigenvalue weighted by Gasteiger charge is -2.34. The van der Waals surface area contributed by atoms with Crippen LogP contribution >= 0.6 is 0 Å². The Labute approximate surface area is 140 Å². The van der Waals surface area contributed by atoms with Crippen LogP contribution in [0.5, 0.6) is 0 Å². The van der Waals surface area contributed by atoms with Crippen molar-refractivity contribution in [2.45, 2.75) is 6.92 Å². The molecular weight excluding hydrogens is 310 g/mol. The van der Waals surface area contributed by atoms with Crippen LogP contribution in [0.4, 0.5) is 5.82 Å². The summed E-state index contributed by atoms with van der Waals surface area (Å²) in [5.74, 6) is 0.975. The molecule has 3 rings (SSSR count). The zero-order valence-electron chi connectivity index (χ0n) is 13.9. The molecule has 1 fully saturated rings. The van der Waals surface area contributed by atoms with Crippen LogP contribution in [0.1, 0.15) is 16.2 Å². The number of nitrogens with one attached hydrogen (secondary N) is 1. The van der Waals surface area contributed by atoms with E-state index in [-0.39, 0.29) is 18.4 Å². The lowest BCUT2D eigenvalue weighted by atomic mass is 10.2. The first-order chi connectivity index (χ1) is 11.5. The Morgan fingerprint density at radius 3 is 2.62 bits per heavy atom. The van der Waals surface area contributed by atoms with Crippen LogP contribution in [0, 0.1) is 6.92 Å². The van der Waals surface area contributed by atoms with Gasteiger partial charge in [-0.1, -0.05) is 5.16 Å². The average Bonchev–Trinajstić information content (AvgIpc) is 3.15. The minimum Gasteiger partial charge on any atom is -0.360 e. The highest BCUT2D eigenvalue weighted by Crippen LogP contribution is 2.10. The van der Waals surface area contributed by atoms with Crippen LogP contribution in [-0.4, -0.2) is 64.1 Å². The number of amides is 2. The summed E-state index contributed by atoms with van der Waals surface area (Å²) in [6.45, 7) is 4.60. The van der Waals surface area contributed by atoms with E-state index in [1.54, 1.807) is 13.0 Å². The molecule has 1 saturated heterocycles. The third kappa shape index (κ3) is 3.65. The first-order valence-electron chi connectivity index (χ1n) is 7.89. The summed E-state index contributed by atoms with van der Waals surface area (Å²) in [7, 11) is 1.86. The fraction of sp³-hybridized carbons (Fsp3) is 0.438. The number of piperazine rings is 1. The van der Waals surface area contributed by atoms with Crippen molar-refractivity contribution in [2.75, 3.05) is 38.0 Å². The van der Waals surface area contributed by atoms with E-state index in [0.29, 0.717) is 43.5 Å². The molecule has 0 saturated carbocycles. The van der Waals surface area contributed by atoms with Crippen molar-refractivity contribution >= 4 is 17.6 Å². The molecule has 24 heavy (non-hydrogen) atoms. The number of rotatable bonds is 4. The maximum absolute atomic E-state index is 12.4. The molecule has 1 aliphatic heterocycles. The first-order valence-corrected chi connectivity index (χ1v) is 7.89. The smallest absolute Gasteiger partial charge is 0.270 e. The van der Waals surface area contributed by atoms with Crippen molar-refractivity contribution in [2.24, 2.45) is 7.05 Å². The van der Waals surface area contributed by atoms with E-state index in [1.807, 2.05) is 39.7 Å². The summed E-state index contributed by atoms with van der Waals surface area (Å²) in [4.78, 5) is 28.3. The molecule has 128 valence electrons. The molecule has 1 aliphatic rings. The predicted octanol–water partition coefficient (Wildman–Crippen LogP) is 0.718. The molecule has 2 aromatic heterocycles. The summed E-state index contributed by atoms with van der Waals surface area (Å²) in [6, 6.07) is 5.36. The fourth-order valence-corrected chi connectivity index (χ4v) is 2.77. The molecule has 0 spiro atoms. The van der Waals surface area contributed by atoms with Crippen LogP contribution in [0.15, 0.2) is 28.9 Å². The highest BCUT2D eigenvalue weighted by Gasteiger charge is 2.24. The molecule has 0 aromatic carbocycles. The third-order valence-corrected chi connectivity index (χ3v) is 4.09. The lowest BCUT2D eigenvalue weighted by molar-refractivity contribution is -0.117. The molecule has 8 heteroatoms. The fourth-order valence-electron chi connectivity index (χ4n) is 2.77. The van der Waals surface area contributed by atoms with Gasteiger partial charge in [-0.2, -0.15) is 0 Å². The normalized spacial score (nSPS) is 15.5. The molecule has 8 nitrogen and oxygen atoms in total. The molecule has 2 aromatic rings. The van der Waals surface area contributed by atoms with Crippen LogP contribution in [0.2, 0.25) is 0 Å². The number of hydrogen-bond acceptors (Lipinski definition) is 5. The second kappa shape index (κ2) is 6.88. The van der Waals surface area contributed by atoms with Gasteiger partial charge in [0.1, 0.15) is 11.5 Å². The summed E-state index contributed by atoms with van der Waals surface area (Å²) >= 11 is 0. The summed E-state index contributed by atoms with van der Waals surface area (Å²) < 4.78 is 6.74. The average molecular weight is 331 g/mol. The Hall–Kier alpha value is -2.61. The van der Waals surface area contributed by atoms with E-state index < -0.39 is 0 Å². The summed E-state index contributed by atoms with van der Waals surface area (Å²) in [6.07, 6.45) is 1.86. The molecule has 0 bridgehead atoms. The van der Waals surface area contributed by atoms with Gasteiger partial charge in [0.15, 0.2) is 5.82 Å². The maximum atomic E-state index is 12.4. The van der Waals surface area contributed by atoms with E-state index in [0.717, 1.165) is 0 Å². The van der Waals surface area contributed by atoms with Gasteiger partial charge in [0, 0.05) is 45.5 Å². The molecule has 3 heterocycles. The Morgan fingerprint density at radius 2 is 2.04 bits per heavy atom. The minimum atomic E-state index is -0.134. The highest BCUT2D eigenvalue weighted by atomic mass is 16.5. The largest absolute Gasteiger partial charge is 0.360 e. The molecular formula is C16H21N5O3. The number of aromatic nitrogens is 2. The zero-order valence-corrected chi connectivity index (χ0v) is 13.9. The van der Waals surface area contributed by atoms with E-state index >= 15 is 0 Å².